The number of anilines is 1. The van der Waals surface area contributed by atoms with E-state index in [0.717, 1.165) is 17.1 Å². The molecule has 11 nitrogen and oxygen atoms in total. The van der Waals surface area contributed by atoms with Crippen LogP contribution in [0.15, 0.2) is 35.3 Å². The van der Waals surface area contributed by atoms with E-state index in [2.05, 4.69) is 41.8 Å². The Morgan fingerprint density at radius 2 is 1.73 bits per heavy atom. The van der Waals surface area contributed by atoms with E-state index in [1.54, 1.807) is 4.57 Å². The lowest BCUT2D eigenvalue weighted by atomic mass is 10.3. The summed E-state index contributed by atoms with van der Waals surface area (Å²) >= 11 is 1.47. The summed E-state index contributed by atoms with van der Waals surface area (Å²) < 4.78 is 21.8. The van der Waals surface area contributed by atoms with E-state index in [1.807, 2.05) is 38.4 Å². The van der Waals surface area contributed by atoms with Gasteiger partial charge in [-0.15, -0.1) is 10.2 Å². The molecule has 1 N–H and O–H groups in total. The molecule has 0 amide bonds. The maximum absolute atomic E-state index is 5.81. The van der Waals surface area contributed by atoms with Gasteiger partial charge in [0.2, 0.25) is 23.5 Å². The van der Waals surface area contributed by atoms with Crippen LogP contribution < -0.4 is 14.2 Å². The first-order valence-corrected chi connectivity index (χ1v) is 11.0. The van der Waals surface area contributed by atoms with Crippen molar-refractivity contribution >= 4 is 17.9 Å². The first-order valence-electron chi connectivity index (χ1n) is 10.1. The Balaban J connectivity index is 1.68. The SMILES string of the molecule is COc1ncnc(OC)c1-n1c(NSC(C)Cc2ncc(C)cn2)nnc1-c1ccc(C)o1. The summed E-state index contributed by atoms with van der Waals surface area (Å²) in [4.78, 5) is 17.2. The smallest absolute Gasteiger partial charge is 0.245 e. The van der Waals surface area contributed by atoms with Crippen molar-refractivity contribution in [2.75, 3.05) is 18.9 Å². The molecule has 4 heterocycles. The molecule has 1 atom stereocenters. The summed E-state index contributed by atoms with van der Waals surface area (Å²) in [6, 6.07) is 3.68. The Kier molecular flexibility index (Phi) is 6.73. The molecule has 4 aromatic rings. The van der Waals surface area contributed by atoms with Crippen molar-refractivity contribution in [1.29, 1.82) is 0 Å². The minimum Gasteiger partial charge on any atom is -0.479 e. The molecule has 0 saturated carbocycles. The van der Waals surface area contributed by atoms with Crippen LogP contribution in [0.3, 0.4) is 0 Å². The van der Waals surface area contributed by atoms with E-state index in [4.69, 9.17) is 13.9 Å². The van der Waals surface area contributed by atoms with Gasteiger partial charge in [-0.3, -0.25) is 4.72 Å². The highest BCUT2D eigenvalue weighted by atomic mass is 32.2. The first kappa shape index (κ1) is 22.5. The first-order chi connectivity index (χ1) is 16.0. The third-order valence-electron chi connectivity index (χ3n) is 4.65. The van der Waals surface area contributed by atoms with Crippen LogP contribution in [0.4, 0.5) is 5.95 Å². The summed E-state index contributed by atoms with van der Waals surface area (Å²) in [6.07, 6.45) is 5.68. The van der Waals surface area contributed by atoms with Gasteiger partial charge in [0.15, 0.2) is 11.4 Å². The topological polar surface area (TPSA) is 126 Å². The molecule has 0 spiro atoms. The number of rotatable bonds is 9. The van der Waals surface area contributed by atoms with Crippen molar-refractivity contribution in [2.45, 2.75) is 32.4 Å². The molecule has 1 unspecified atom stereocenters. The molecule has 0 aliphatic heterocycles. The van der Waals surface area contributed by atoms with Crippen LogP contribution in [-0.2, 0) is 6.42 Å². The van der Waals surface area contributed by atoms with Gasteiger partial charge in [0.1, 0.15) is 17.9 Å². The third-order valence-corrected chi connectivity index (χ3v) is 5.51. The highest BCUT2D eigenvalue weighted by molar-refractivity contribution is 8.01. The van der Waals surface area contributed by atoms with Gasteiger partial charge in [-0.2, -0.15) is 9.97 Å². The average Bonchev–Trinajstić information content (AvgIpc) is 3.44. The van der Waals surface area contributed by atoms with Gasteiger partial charge in [0, 0.05) is 24.1 Å². The number of furan rings is 1. The van der Waals surface area contributed by atoms with Crippen LogP contribution in [0.1, 0.15) is 24.1 Å². The summed E-state index contributed by atoms with van der Waals surface area (Å²) in [5.41, 5.74) is 1.48. The number of methoxy groups -OCH3 is 2. The molecule has 4 aromatic heterocycles. The van der Waals surface area contributed by atoms with E-state index in [-0.39, 0.29) is 5.25 Å². The lowest BCUT2D eigenvalue weighted by Gasteiger charge is -2.16. The van der Waals surface area contributed by atoms with Gasteiger partial charge in [0.25, 0.3) is 0 Å². The second kappa shape index (κ2) is 9.86. The van der Waals surface area contributed by atoms with Gasteiger partial charge >= 0.3 is 0 Å². The maximum atomic E-state index is 5.81. The van der Waals surface area contributed by atoms with Crippen LogP contribution in [0.5, 0.6) is 11.8 Å². The molecule has 0 bridgehead atoms. The average molecular weight is 469 g/mol. The minimum atomic E-state index is 0.142. The lowest BCUT2D eigenvalue weighted by molar-refractivity contribution is 0.368. The van der Waals surface area contributed by atoms with Crippen LogP contribution >= 0.6 is 11.9 Å². The maximum Gasteiger partial charge on any atom is 0.245 e. The van der Waals surface area contributed by atoms with Crippen molar-refractivity contribution in [2.24, 2.45) is 0 Å². The zero-order valence-corrected chi connectivity index (χ0v) is 19.8. The molecule has 0 fully saturated rings. The Morgan fingerprint density at radius 1 is 1.03 bits per heavy atom. The summed E-state index contributed by atoms with van der Waals surface area (Å²) in [5.74, 6) is 3.56. The largest absolute Gasteiger partial charge is 0.479 e. The molecule has 33 heavy (non-hydrogen) atoms. The predicted octanol–water partition coefficient (Wildman–Crippen LogP) is 3.43. The monoisotopic (exact) mass is 468 g/mol. The number of nitrogens with zero attached hydrogens (tertiary/aromatic N) is 7. The van der Waals surface area contributed by atoms with Crippen molar-refractivity contribution in [3.63, 3.8) is 0 Å². The molecule has 172 valence electrons. The fourth-order valence-electron chi connectivity index (χ4n) is 3.09. The van der Waals surface area contributed by atoms with Crippen LogP contribution in [0, 0.1) is 13.8 Å². The summed E-state index contributed by atoms with van der Waals surface area (Å²) in [7, 11) is 3.05. The van der Waals surface area contributed by atoms with Gasteiger partial charge in [-0.1, -0.05) is 6.92 Å². The van der Waals surface area contributed by atoms with Crippen molar-refractivity contribution < 1.29 is 13.9 Å². The standard InChI is InChI=1S/C21H24N8O3S/c1-12-9-22-16(23-10-12)8-14(3)33-28-21-27-26-18(15-7-6-13(2)32-15)29(21)17-19(30-4)24-11-25-20(17)31-5/h6-7,9-11,14H,8H2,1-5H3,(H,27,28). The van der Waals surface area contributed by atoms with E-state index in [9.17, 15) is 0 Å². The Bertz CT molecular complexity index is 1200. The predicted molar refractivity (Wildman–Crippen MR) is 124 cm³/mol. The minimum absolute atomic E-state index is 0.142. The van der Waals surface area contributed by atoms with Gasteiger partial charge in [-0.05, 0) is 43.5 Å². The number of nitrogens with one attached hydrogen (secondary N) is 1. The molecule has 0 aromatic carbocycles. The van der Waals surface area contributed by atoms with Crippen molar-refractivity contribution in [1.82, 2.24) is 34.7 Å². The molecular weight excluding hydrogens is 444 g/mol. The second-order valence-corrected chi connectivity index (χ2v) is 8.49. The number of hydrogen-bond donors (Lipinski definition) is 1. The van der Waals surface area contributed by atoms with E-state index < -0.39 is 0 Å². The van der Waals surface area contributed by atoms with Gasteiger partial charge < -0.3 is 13.9 Å². The summed E-state index contributed by atoms with van der Waals surface area (Å²) in [5, 5.41) is 8.83. The molecule has 0 saturated heterocycles. The second-order valence-electron chi connectivity index (χ2n) is 7.25. The van der Waals surface area contributed by atoms with E-state index in [0.29, 0.717) is 41.4 Å². The molecule has 4 rings (SSSR count). The molecule has 0 aliphatic rings. The van der Waals surface area contributed by atoms with Gasteiger partial charge in [0.05, 0.1) is 14.2 Å². The van der Waals surface area contributed by atoms with E-state index >= 15 is 0 Å². The number of ether oxygens (including phenoxy) is 2. The number of hydrogen-bond acceptors (Lipinski definition) is 11. The molecule has 0 radical (unpaired) electrons. The third kappa shape index (κ3) is 4.90. The van der Waals surface area contributed by atoms with Gasteiger partial charge in [-0.25, -0.2) is 14.5 Å². The Hall–Kier alpha value is -3.67. The Morgan fingerprint density at radius 3 is 2.33 bits per heavy atom. The summed E-state index contributed by atoms with van der Waals surface area (Å²) in [6.45, 7) is 5.90. The normalized spacial score (nSPS) is 11.9. The van der Waals surface area contributed by atoms with E-state index in [1.165, 1.54) is 32.5 Å². The quantitative estimate of drug-likeness (QED) is 0.363. The number of aryl methyl sites for hydroxylation is 2. The molecular formula is C21H24N8O3S. The molecule has 12 heteroatoms. The molecule has 0 aliphatic carbocycles. The lowest BCUT2D eigenvalue weighted by Crippen LogP contribution is -2.11. The fraction of sp³-hybridized carbons (Fsp3) is 0.333. The highest BCUT2D eigenvalue weighted by Gasteiger charge is 2.26. The number of aromatic nitrogens is 7. The highest BCUT2D eigenvalue weighted by Crippen LogP contribution is 2.36. The van der Waals surface area contributed by atoms with Crippen molar-refractivity contribution in [3.05, 3.63) is 48.0 Å². The fourth-order valence-corrected chi connectivity index (χ4v) is 3.76. The van der Waals surface area contributed by atoms with Crippen LogP contribution in [0.2, 0.25) is 0 Å². The zero-order chi connectivity index (χ0) is 23.4. The van der Waals surface area contributed by atoms with Crippen LogP contribution in [-0.4, -0.2) is 54.2 Å². The van der Waals surface area contributed by atoms with Crippen molar-refractivity contribution in [3.8, 4) is 29.0 Å². The zero-order valence-electron chi connectivity index (χ0n) is 18.9. The Labute approximate surface area is 195 Å². The van der Waals surface area contributed by atoms with Crippen LogP contribution in [0.25, 0.3) is 17.3 Å².